The summed E-state index contributed by atoms with van der Waals surface area (Å²) >= 11 is 0.664. The molecule has 0 aromatic rings. The van der Waals surface area contributed by atoms with Gasteiger partial charge in [0.05, 0.1) is 0 Å². The molecule has 0 unspecified atom stereocenters. The van der Waals surface area contributed by atoms with Crippen LogP contribution in [0.4, 0.5) is 0 Å². The Morgan fingerprint density at radius 2 is 2.36 bits per heavy atom. The molecule has 1 N–H and O–H groups in total. The Hall–Kier alpha value is 1.52. The van der Waals surface area contributed by atoms with Gasteiger partial charge in [-0.2, -0.15) is 0 Å². The van der Waals surface area contributed by atoms with E-state index in [1.807, 2.05) is 0 Å². The molecule has 1 saturated heterocycles. The van der Waals surface area contributed by atoms with Crippen LogP contribution < -0.4 is 0 Å². The van der Waals surface area contributed by atoms with Gasteiger partial charge in [-0.1, -0.05) is 0 Å². The second-order valence-electron chi connectivity index (χ2n) is 3.30. The van der Waals surface area contributed by atoms with E-state index < -0.39 is 0 Å². The molecule has 0 amide bonds. The van der Waals surface area contributed by atoms with Crippen LogP contribution in [0.15, 0.2) is 0 Å². The molecular weight excluding hydrogens is 351 g/mol. The molecule has 60 valence electrons. The summed E-state index contributed by atoms with van der Waals surface area (Å²) < 4.78 is 7.03. The first kappa shape index (κ1) is 10.6. The Morgan fingerprint density at radius 1 is 1.64 bits per heavy atom. The number of aliphatic hydroxyl groups excluding tert-OH is 1. The third kappa shape index (κ3) is 3.04. The van der Waals surface area contributed by atoms with Crippen LogP contribution in [-0.2, 0) is 4.74 Å². The van der Waals surface area contributed by atoms with E-state index in [-0.39, 0.29) is 12.2 Å². The van der Waals surface area contributed by atoms with Crippen molar-refractivity contribution in [3.05, 3.63) is 0 Å². The third-order valence-corrected chi connectivity index (χ3v) is 4.69. The molecular formula is C8H15FrO2. The molecule has 0 radical (unpaired) electrons. The minimum atomic E-state index is -0.186. The predicted octanol–water partition coefficient (Wildman–Crippen LogP) is 1.27. The Morgan fingerprint density at radius 3 is 2.82 bits per heavy atom. The molecule has 0 bridgehead atoms. The zero-order chi connectivity index (χ0) is 8.27. The van der Waals surface area contributed by atoms with E-state index in [1.165, 1.54) is 7.16 Å². The van der Waals surface area contributed by atoms with Crippen molar-refractivity contribution in [2.24, 2.45) is 0 Å². The van der Waals surface area contributed by atoms with Crippen LogP contribution in [0.25, 0.3) is 0 Å². The van der Waals surface area contributed by atoms with Gasteiger partial charge in [0, 0.05) is 0 Å². The maximum absolute atomic E-state index is 9.48. The quantitative estimate of drug-likeness (QED) is 0.816. The van der Waals surface area contributed by atoms with E-state index in [1.54, 1.807) is 0 Å². The Bertz CT molecular complexity index is 119. The fourth-order valence-electron chi connectivity index (χ4n) is 1.69. The van der Waals surface area contributed by atoms with Gasteiger partial charge in [-0.3, -0.25) is 0 Å². The van der Waals surface area contributed by atoms with Gasteiger partial charge in [0.25, 0.3) is 0 Å². The standard InChI is InChI=1S/C8H15O2.Fr/c1-3-6-5-7(9)8(4-2)10-6;/h6-9H,1,3-5H2,2H3;/t6-,7+,8+;/m0./s1. The molecule has 1 aliphatic heterocycles. The van der Waals surface area contributed by atoms with Crippen LogP contribution in [0.5, 0.6) is 0 Å². The summed E-state index contributed by atoms with van der Waals surface area (Å²) in [4.78, 5) is 0. The van der Waals surface area contributed by atoms with E-state index in [0.717, 1.165) is 12.8 Å². The van der Waals surface area contributed by atoms with Crippen molar-refractivity contribution < 1.29 is 57.3 Å². The maximum atomic E-state index is 9.48. The fraction of sp³-hybridized carbons (Fsp3) is 1.00. The number of rotatable bonds is 3. The van der Waals surface area contributed by atoms with E-state index in [4.69, 9.17) is 4.74 Å². The molecule has 3 atom stereocenters. The number of hydrogen-bond acceptors (Lipinski definition) is 2. The van der Waals surface area contributed by atoms with Gasteiger partial charge >= 0.3 is 103 Å². The van der Waals surface area contributed by atoms with E-state index in [2.05, 4.69) is 6.92 Å². The first-order chi connectivity index (χ1) is 5.27. The third-order valence-electron chi connectivity index (χ3n) is 2.31. The zero-order valence-electron chi connectivity index (χ0n) is 7.42. The van der Waals surface area contributed by atoms with Gasteiger partial charge in [0.2, 0.25) is 0 Å². The van der Waals surface area contributed by atoms with E-state index >= 15 is 0 Å². The van der Waals surface area contributed by atoms with Gasteiger partial charge in [-0.05, 0) is 0 Å². The van der Waals surface area contributed by atoms with Gasteiger partial charge in [0.1, 0.15) is 0 Å². The first-order valence-corrected chi connectivity index (χ1v) is 10.4. The van der Waals surface area contributed by atoms with Gasteiger partial charge in [-0.15, -0.1) is 0 Å². The predicted molar refractivity (Wildman–Crippen MR) is 39.0 cm³/mol. The molecule has 1 heterocycles. The van der Waals surface area contributed by atoms with Crippen LogP contribution >= 0.6 is 0 Å². The topological polar surface area (TPSA) is 29.5 Å². The average molecular weight is 366 g/mol. The van der Waals surface area contributed by atoms with Crippen molar-refractivity contribution in [2.75, 3.05) is 0 Å². The summed E-state index contributed by atoms with van der Waals surface area (Å²) in [6, 6.07) is 0. The first-order valence-electron chi connectivity index (χ1n) is 4.61. The molecule has 0 aromatic carbocycles. The molecule has 1 fully saturated rings. The molecule has 3 heteroatoms. The van der Waals surface area contributed by atoms with Gasteiger partial charge < -0.3 is 0 Å². The molecule has 1 aliphatic rings. The van der Waals surface area contributed by atoms with Crippen LogP contribution in [0.2, 0.25) is 0.741 Å². The van der Waals surface area contributed by atoms with E-state index in [9.17, 15) is 5.11 Å². The monoisotopic (exact) mass is 366 g/mol. The molecule has 11 heavy (non-hydrogen) atoms. The van der Waals surface area contributed by atoms with Crippen molar-refractivity contribution in [1.82, 2.24) is 0 Å². The van der Waals surface area contributed by atoms with Crippen molar-refractivity contribution in [3.8, 4) is 0 Å². The summed E-state index contributed by atoms with van der Waals surface area (Å²) in [5.41, 5.74) is 0. The van der Waals surface area contributed by atoms with Gasteiger partial charge in [-0.25, -0.2) is 0 Å². The molecule has 0 aromatic heterocycles. The summed E-state index contributed by atoms with van der Waals surface area (Å²) in [6.45, 7) is 2.07. The second-order valence-corrected chi connectivity index (χ2v) is 7.41. The molecule has 2 nitrogen and oxygen atoms in total. The van der Waals surface area contributed by atoms with Crippen LogP contribution in [0.1, 0.15) is 26.2 Å². The Balaban J connectivity index is 2.30. The zero-order valence-corrected chi connectivity index (χ0v) is 15.6. The summed E-state index contributed by atoms with van der Waals surface area (Å²) in [5.74, 6) is 0. The molecule has 1 rings (SSSR count). The molecule has 0 spiro atoms. The Kier molecular flexibility index (Phi) is 5.10. The molecule has 0 aliphatic carbocycles. The van der Waals surface area contributed by atoms with E-state index in [0.29, 0.717) is 53.6 Å². The summed E-state index contributed by atoms with van der Waals surface area (Å²) in [7, 11) is 0. The van der Waals surface area contributed by atoms with Gasteiger partial charge in [0.15, 0.2) is 0 Å². The summed E-state index contributed by atoms with van der Waals surface area (Å²) in [5, 5.41) is 9.48. The number of aliphatic hydroxyl groups is 1. The number of ether oxygens (including phenoxy) is 1. The molecule has 0 saturated carbocycles. The van der Waals surface area contributed by atoms with Crippen LogP contribution in [-0.4, -0.2) is 23.4 Å². The summed E-state index contributed by atoms with van der Waals surface area (Å²) in [6.07, 6.45) is 3.34. The van der Waals surface area contributed by atoms with Crippen LogP contribution in [0.3, 0.4) is 0 Å². The minimum absolute atomic E-state index is 0.129. The average Bonchev–Trinajstić information content (AvgIpc) is 2.32. The van der Waals surface area contributed by atoms with Crippen LogP contribution in [0, 0.1) is 47.5 Å². The van der Waals surface area contributed by atoms with Crippen molar-refractivity contribution in [3.63, 3.8) is 0 Å². The SMILES string of the molecule is CC[C@H]1O[C@@H](C[CH2][Fr])C[C@H]1O. The number of hydrogen-bond donors (Lipinski definition) is 1. The fourth-order valence-corrected chi connectivity index (χ4v) is 4.34. The second kappa shape index (κ2) is 5.29. The van der Waals surface area contributed by atoms with Crippen molar-refractivity contribution >= 4 is 0 Å². The van der Waals surface area contributed by atoms with Crippen molar-refractivity contribution in [2.45, 2.75) is 45.2 Å². The normalized spacial score (nSPS) is 38.0. The van der Waals surface area contributed by atoms with Crippen molar-refractivity contribution in [1.29, 1.82) is 0 Å². The Labute approximate surface area is 101 Å².